The van der Waals surface area contributed by atoms with Crippen LogP contribution in [0.5, 0.6) is 17.2 Å². The first-order chi connectivity index (χ1) is 15.0. The Morgan fingerprint density at radius 1 is 1.06 bits per heavy atom. The van der Waals surface area contributed by atoms with Crippen molar-refractivity contribution in [3.63, 3.8) is 0 Å². The number of hydrazone groups is 1. The fourth-order valence-electron chi connectivity index (χ4n) is 2.77. The van der Waals surface area contributed by atoms with Crippen molar-refractivity contribution in [2.24, 2.45) is 5.10 Å². The third-order valence-electron chi connectivity index (χ3n) is 4.27. The van der Waals surface area contributed by atoms with Crippen LogP contribution < -0.4 is 19.6 Å². The lowest BCUT2D eigenvalue weighted by molar-refractivity contribution is -0.123. The highest BCUT2D eigenvalue weighted by atomic mass is 16.6. The maximum Gasteiger partial charge on any atom is 0.379 e. The number of nitrogens with one attached hydrogen (secondary N) is 1. The van der Waals surface area contributed by atoms with Crippen molar-refractivity contribution >= 4 is 18.1 Å². The van der Waals surface area contributed by atoms with Crippen LogP contribution in [0.4, 0.5) is 0 Å². The van der Waals surface area contributed by atoms with Crippen LogP contribution in [-0.4, -0.2) is 31.8 Å². The average Bonchev–Trinajstić information content (AvgIpc) is 3.29. The van der Waals surface area contributed by atoms with Crippen LogP contribution in [0.3, 0.4) is 0 Å². The van der Waals surface area contributed by atoms with Gasteiger partial charge in [0.1, 0.15) is 5.75 Å². The lowest BCUT2D eigenvalue weighted by Gasteiger charge is -2.10. The van der Waals surface area contributed by atoms with E-state index in [0.29, 0.717) is 17.1 Å². The zero-order valence-corrected chi connectivity index (χ0v) is 17.4. The normalized spacial score (nSPS) is 10.7. The van der Waals surface area contributed by atoms with Crippen molar-refractivity contribution in [2.75, 3.05) is 13.7 Å². The molecule has 31 heavy (non-hydrogen) atoms. The summed E-state index contributed by atoms with van der Waals surface area (Å²) in [6.07, 6.45) is 2.83. The number of hydrogen-bond acceptors (Lipinski definition) is 7. The number of rotatable bonds is 8. The number of carbonyl (C=O) groups is 2. The molecule has 8 heteroatoms. The van der Waals surface area contributed by atoms with Gasteiger partial charge in [0.2, 0.25) is 5.76 Å². The van der Waals surface area contributed by atoms with E-state index < -0.39 is 11.9 Å². The molecule has 1 aromatic heterocycles. The van der Waals surface area contributed by atoms with Gasteiger partial charge in [-0.2, -0.15) is 5.10 Å². The minimum absolute atomic E-state index is 0.0820. The molecule has 0 saturated carbocycles. The van der Waals surface area contributed by atoms with Gasteiger partial charge in [0.15, 0.2) is 18.1 Å². The highest BCUT2D eigenvalue weighted by Crippen LogP contribution is 2.28. The number of para-hydroxylation sites is 1. The molecule has 0 saturated heterocycles. The summed E-state index contributed by atoms with van der Waals surface area (Å²) >= 11 is 0. The van der Waals surface area contributed by atoms with Gasteiger partial charge in [-0.1, -0.05) is 18.2 Å². The summed E-state index contributed by atoms with van der Waals surface area (Å²) in [5, 5.41) is 3.92. The van der Waals surface area contributed by atoms with Crippen LogP contribution in [0.2, 0.25) is 0 Å². The number of hydrogen-bond donors (Lipinski definition) is 1. The molecule has 0 atom stereocenters. The summed E-state index contributed by atoms with van der Waals surface area (Å²) in [4.78, 5) is 24.0. The molecule has 3 aromatic rings. The molecular weight excluding hydrogens is 400 g/mol. The van der Waals surface area contributed by atoms with Gasteiger partial charge in [0, 0.05) is 0 Å². The minimum Gasteiger partial charge on any atom is -0.493 e. The van der Waals surface area contributed by atoms with E-state index in [0.717, 1.165) is 11.1 Å². The molecule has 0 radical (unpaired) electrons. The number of ether oxygens (including phenoxy) is 3. The Hall–Kier alpha value is -4.07. The van der Waals surface area contributed by atoms with E-state index in [1.807, 2.05) is 32.0 Å². The molecular formula is C23H22N2O6. The fourth-order valence-corrected chi connectivity index (χ4v) is 2.77. The molecule has 0 fully saturated rings. The fraction of sp³-hybridized carbons (Fsp3) is 0.174. The third-order valence-corrected chi connectivity index (χ3v) is 4.27. The number of amides is 1. The van der Waals surface area contributed by atoms with Gasteiger partial charge in [-0.3, -0.25) is 4.79 Å². The van der Waals surface area contributed by atoms with Crippen LogP contribution in [0.25, 0.3) is 0 Å². The van der Waals surface area contributed by atoms with Crippen LogP contribution >= 0.6 is 0 Å². The van der Waals surface area contributed by atoms with Gasteiger partial charge in [-0.05, 0) is 60.9 Å². The first-order valence-corrected chi connectivity index (χ1v) is 9.42. The van der Waals surface area contributed by atoms with E-state index in [1.54, 1.807) is 24.3 Å². The number of furan rings is 1. The highest BCUT2D eigenvalue weighted by molar-refractivity contribution is 5.89. The standard InChI is InChI=1S/C23H22N2O6/c1-15-6-4-7-16(2)22(15)30-14-21(26)25-24-13-17-9-10-18(20(12-17)28-3)31-23(27)19-8-5-11-29-19/h4-13H,14H2,1-3H3,(H,25,26)/b24-13-. The second-order valence-corrected chi connectivity index (χ2v) is 6.58. The number of esters is 1. The Morgan fingerprint density at radius 2 is 1.84 bits per heavy atom. The van der Waals surface area contributed by atoms with Crippen molar-refractivity contribution in [2.45, 2.75) is 13.8 Å². The van der Waals surface area contributed by atoms with Gasteiger partial charge < -0.3 is 18.6 Å². The van der Waals surface area contributed by atoms with E-state index in [4.69, 9.17) is 18.6 Å². The lowest BCUT2D eigenvalue weighted by atomic mass is 10.1. The Balaban J connectivity index is 1.56. The summed E-state index contributed by atoms with van der Waals surface area (Å²) in [5.74, 6) is 0.293. The Bertz CT molecular complexity index is 1070. The van der Waals surface area contributed by atoms with Crippen molar-refractivity contribution in [3.8, 4) is 17.2 Å². The average molecular weight is 422 g/mol. The zero-order valence-electron chi connectivity index (χ0n) is 17.4. The molecule has 0 spiro atoms. The van der Waals surface area contributed by atoms with Crippen LogP contribution in [0.1, 0.15) is 27.2 Å². The number of carbonyl (C=O) groups excluding carboxylic acids is 2. The molecule has 2 aromatic carbocycles. The van der Waals surface area contributed by atoms with Gasteiger partial charge in [-0.15, -0.1) is 0 Å². The Labute approximate surface area is 179 Å². The van der Waals surface area contributed by atoms with E-state index in [1.165, 1.54) is 25.7 Å². The number of benzene rings is 2. The molecule has 0 bridgehead atoms. The summed E-state index contributed by atoms with van der Waals surface area (Å²) < 4.78 is 21.2. The van der Waals surface area contributed by atoms with Crippen molar-refractivity contribution in [1.82, 2.24) is 5.43 Å². The van der Waals surface area contributed by atoms with Crippen LogP contribution in [0.15, 0.2) is 64.3 Å². The van der Waals surface area contributed by atoms with Gasteiger partial charge in [-0.25, -0.2) is 10.2 Å². The summed E-state index contributed by atoms with van der Waals surface area (Å²) in [5.41, 5.74) is 4.95. The molecule has 0 unspecified atom stereocenters. The SMILES string of the molecule is COc1cc(/C=N\NC(=O)COc2c(C)cccc2C)ccc1OC(=O)c1ccco1. The first-order valence-electron chi connectivity index (χ1n) is 9.42. The summed E-state index contributed by atoms with van der Waals surface area (Å²) in [6.45, 7) is 3.68. The maximum atomic E-state index is 12.0. The lowest BCUT2D eigenvalue weighted by Crippen LogP contribution is -2.25. The first kappa shape index (κ1) is 21.6. The van der Waals surface area contributed by atoms with Crippen molar-refractivity contribution < 1.29 is 28.2 Å². The maximum absolute atomic E-state index is 12.0. The van der Waals surface area contributed by atoms with E-state index in [9.17, 15) is 9.59 Å². The summed E-state index contributed by atoms with van der Waals surface area (Å²) in [7, 11) is 1.45. The Morgan fingerprint density at radius 3 is 2.52 bits per heavy atom. The molecule has 1 N–H and O–H groups in total. The van der Waals surface area contributed by atoms with Gasteiger partial charge in [0.05, 0.1) is 19.6 Å². The number of methoxy groups -OCH3 is 1. The molecule has 0 aliphatic rings. The molecule has 1 heterocycles. The smallest absolute Gasteiger partial charge is 0.379 e. The highest BCUT2D eigenvalue weighted by Gasteiger charge is 2.15. The quantitative estimate of drug-likeness (QED) is 0.257. The Kier molecular flexibility index (Phi) is 7.05. The molecule has 160 valence electrons. The second kappa shape index (κ2) is 10.1. The van der Waals surface area contributed by atoms with E-state index in [-0.39, 0.29) is 18.1 Å². The predicted octanol–water partition coefficient (Wildman–Crippen LogP) is 3.65. The summed E-state index contributed by atoms with van der Waals surface area (Å²) in [6, 6.07) is 13.7. The second-order valence-electron chi connectivity index (χ2n) is 6.58. The molecule has 0 aliphatic carbocycles. The topological polar surface area (TPSA) is 99.4 Å². The molecule has 8 nitrogen and oxygen atoms in total. The molecule has 3 rings (SSSR count). The monoisotopic (exact) mass is 422 g/mol. The van der Waals surface area contributed by atoms with Gasteiger partial charge >= 0.3 is 5.97 Å². The number of aryl methyl sites for hydroxylation is 2. The van der Waals surface area contributed by atoms with E-state index >= 15 is 0 Å². The van der Waals surface area contributed by atoms with Crippen LogP contribution in [0, 0.1) is 13.8 Å². The van der Waals surface area contributed by atoms with Gasteiger partial charge in [0.25, 0.3) is 5.91 Å². The predicted molar refractivity (Wildman–Crippen MR) is 114 cm³/mol. The van der Waals surface area contributed by atoms with Crippen molar-refractivity contribution in [1.29, 1.82) is 0 Å². The molecule has 0 aliphatic heterocycles. The molecule has 1 amide bonds. The third kappa shape index (κ3) is 5.72. The largest absolute Gasteiger partial charge is 0.493 e. The zero-order chi connectivity index (χ0) is 22.2. The van der Waals surface area contributed by atoms with Crippen molar-refractivity contribution in [3.05, 3.63) is 77.2 Å². The van der Waals surface area contributed by atoms with E-state index in [2.05, 4.69) is 10.5 Å². The van der Waals surface area contributed by atoms with Crippen LogP contribution in [-0.2, 0) is 4.79 Å². The number of nitrogens with zero attached hydrogens (tertiary/aromatic N) is 1. The minimum atomic E-state index is -0.638.